The zero-order valence-electron chi connectivity index (χ0n) is 10.7. The van der Waals surface area contributed by atoms with Crippen molar-refractivity contribution in [2.75, 3.05) is 18.1 Å². The zero-order chi connectivity index (χ0) is 12.5. The Morgan fingerprint density at radius 1 is 1.25 bits per heavy atom. The number of hydrogen-bond acceptors (Lipinski definition) is 4. The van der Waals surface area contributed by atoms with Crippen molar-refractivity contribution < 1.29 is 8.42 Å². The van der Waals surface area contributed by atoms with Crippen LogP contribution in [0, 0.1) is 5.92 Å². The summed E-state index contributed by atoms with van der Waals surface area (Å²) >= 11 is 0. The maximum Gasteiger partial charge on any atom is 0.153 e. The summed E-state index contributed by atoms with van der Waals surface area (Å²) < 4.78 is 23.1. The van der Waals surface area contributed by atoms with E-state index in [9.17, 15) is 8.42 Å². The van der Waals surface area contributed by atoms with Crippen molar-refractivity contribution in [1.82, 2.24) is 4.90 Å². The summed E-state index contributed by atoms with van der Waals surface area (Å²) in [5.41, 5.74) is 5.95. The van der Waals surface area contributed by atoms with Crippen LogP contribution in [0.2, 0.25) is 0 Å². The molecule has 0 aromatic rings. The second kappa shape index (κ2) is 5.02. The second-order valence-corrected chi connectivity index (χ2v) is 7.65. The molecule has 5 heteroatoms. The molecule has 4 nitrogen and oxygen atoms in total. The lowest BCUT2D eigenvalue weighted by molar-refractivity contribution is 0.138. The van der Waals surface area contributed by atoms with Crippen molar-refractivity contribution >= 4 is 9.84 Å². The van der Waals surface area contributed by atoms with E-state index in [0.29, 0.717) is 12.0 Å². The molecule has 0 aromatic heterocycles. The van der Waals surface area contributed by atoms with Gasteiger partial charge in [0.1, 0.15) is 0 Å². The van der Waals surface area contributed by atoms with Gasteiger partial charge in [-0.25, -0.2) is 8.42 Å². The van der Waals surface area contributed by atoms with E-state index in [1.807, 2.05) is 0 Å². The van der Waals surface area contributed by atoms with Gasteiger partial charge in [-0.15, -0.1) is 0 Å². The summed E-state index contributed by atoms with van der Waals surface area (Å²) in [4.78, 5) is 2.24. The fourth-order valence-corrected chi connectivity index (χ4v) is 4.25. The van der Waals surface area contributed by atoms with Crippen LogP contribution in [0.4, 0.5) is 0 Å². The Kier molecular flexibility index (Phi) is 4.37. The van der Waals surface area contributed by atoms with E-state index in [0.717, 1.165) is 6.54 Å². The SMILES string of the molecule is CC(C)CN(C(C)C)C1CS(=O)(=O)CC1N. The minimum atomic E-state index is -2.93. The van der Waals surface area contributed by atoms with Crippen molar-refractivity contribution in [1.29, 1.82) is 0 Å². The molecule has 0 radical (unpaired) electrons. The van der Waals surface area contributed by atoms with E-state index >= 15 is 0 Å². The first-order valence-corrected chi connectivity index (χ1v) is 7.77. The molecule has 0 aromatic carbocycles. The monoisotopic (exact) mass is 248 g/mol. The third-order valence-corrected chi connectivity index (χ3v) is 4.77. The third-order valence-electron chi connectivity index (χ3n) is 3.03. The van der Waals surface area contributed by atoms with E-state index in [4.69, 9.17) is 5.73 Å². The maximum atomic E-state index is 11.6. The first kappa shape index (κ1) is 13.9. The van der Waals surface area contributed by atoms with Gasteiger partial charge < -0.3 is 5.73 Å². The number of sulfone groups is 1. The molecule has 0 aliphatic carbocycles. The molecule has 1 fully saturated rings. The Morgan fingerprint density at radius 2 is 1.81 bits per heavy atom. The van der Waals surface area contributed by atoms with Crippen molar-refractivity contribution in [3.8, 4) is 0 Å². The predicted molar refractivity (Wildman–Crippen MR) is 67.1 cm³/mol. The van der Waals surface area contributed by atoms with Gasteiger partial charge in [0.15, 0.2) is 9.84 Å². The highest BCUT2D eigenvalue weighted by Gasteiger charge is 2.39. The molecule has 2 N–H and O–H groups in total. The van der Waals surface area contributed by atoms with Crippen LogP contribution in [0.5, 0.6) is 0 Å². The molecule has 0 amide bonds. The molecule has 16 heavy (non-hydrogen) atoms. The highest BCUT2D eigenvalue weighted by Crippen LogP contribution is 2.20. The van der Waals surface area contributed by atoms with Gasteiger partial charge in [-0.3, -0.25) is 4.90 Å². The van der Waals surface area contributed by atoms with Crippen LogP contribution in [0.3, 0.4) is 0 Å². The van der Waals surface area contributed by atoms with Gasteiger partial charge in [-0.05, 0) is 19.8 Å². The molecule has 2 unspecified atom stereocenters. The predicted octanol–water partition coefficient (Wildman–Crippen LogP) is 0.477. The van der Waals surface area contributed by atoms with E-state index in [-0.39, 0.29) is 23.6 Å². The van der Waals surface area contributed by atoms with Crippen LogP contribution in [0.25, 0.3) is 0 Å². The molecule has 1 aliphatic rings. The van der Waals surface area contributed by atoms with Crippen molar-refractivity contribution in [2.24, 2.45) is 11.7 Å². The van der Waals surface area contributed by atoms with Gasteiger partial charge in [0, 0.05) is 24.7 Å². The van der Waals surface area contributed by atoms with Gasteiger partial charge >= 0.3 is 0 Å². The number of nitrogens with two attached hydrogens (primary N) is 1. The van der Waals surface area contributed by atoms with Crippen molar-refractivity contribution in [3.63, 3.8) is 0 Å². The molecule has 96 valence electrons. The fraction of sp³-hybridized carbons (Fsp3) is 1.00. The van der Waals surface area contributed by atoms with E-state index < -0.39 is 9.84 Å². The quantitative estimate of drug-likeness (QED) is 0.786. The number of nitrogens with zero attached hydrogens (tertiary/aromatic N) is 1. The van der Waals surface area contributed by atoms with E-state index in [1.165, 1.54) is 0 Å². The topological polar surface area (TPSA) is 63.4 Å². The molecule has 1 saturated heterocycles. The minimum Gasteiger partial charge on any atom is -0.325 e. The fourth-order valence-electron chi connectivity index (χ4n) is 2.35. The van der Waals surface area contributed by atoms with Gasteiger partial charge in [0.05, 0.1) is 11.5 Å². The Morgan fingerprint density at radius 3 is 2.12 bits per heavy atom. The summed E-state index contributed by atoms with van der Waals surface area (Å²) in [6, 6.07) is 0.102. The van der Waals surface area contributed by atoms with Crippen LogP contribution >= 0.6 is 0 Å². The molecule has 0 spiro atoms. The van der Waals surface area contributed by atoms with Crippen molar-refractivity contribution in [2.45, 2.75) is 45.8 Å². The summed E-state index contributed by atoms with van der Waals surface area (Å²) in [6.45, 7) is 9.39. The van der Waals surface area contributed by atoms with Crippen LogP contribution in [0.1, 0.15) is 27.7 Å². The molecule has 0 saturated carbocycles. The Labute approximate surface area is 99.1 Å². The lowest BCUT2D eigenvalue weighted by Gasteiger charge is -2.35. The first-order valence-electron chi connectivity index (χ1n) is 5.94. The summed E-state index contributed by atoms with van der Waals surface area (Å²) in [6.07, 6.45) is 0. The van der Waals surface area contributed by atoms with Crippen LogP contribution < -0.4 is 5.73 Å². The number of hydrogen-bond donors (Lipinski definition) is 1. The van der Waals surface area contributed by atoms with Gasteiger partial charge in [0.2, 0.25) is 0 Å². The average molecular weight is 248 g/mol. The highest BCUT2D eigenvalue weighted by atomic mass is 32.2. The van der Waals surface area contributed by atoms with Crippen LogP contribution in [-0.4, -0.2) is 49.5 Å². The molecule has 2 atom stereocenters. The summed E-state index contributed by atoms with van der Waals surface area (Å²) in [7, 11) is -2.93. The van der Waals surface area contributed by atoms with Gasteiger partial charge in [-0.1, -0.05) is 13.8 Å². The maximum absolute atomic E-state index is 11.6. The normalized spacial score (nSPS) is 29.5. The molecule has 0 bridgehead atoms. The first-order chi connectivity index (χ1) is 7.23. The average Bonchev–Trinajstić information content (AvgIpc) is 2.34. The Bertz CT molecular complexity index is 325. The van der Waals surface area contributed by atoms with Gasteiger partial charge in [-0.2, -0.15) is 0 Å². The smallest absolute Gasteiger partial charge is 0.153 e. The zero-order valence-corrected chi connectivity index (χ0v) is 11.5. The lowest BCUT2D eigenvalue weighted by Crippen LogP contribution is -2.51. The van der Waals surface area contributed by atoms with E-state index in [1.54, 1.807) is 0 Å². The standard InChI is InChI=1S/C11H24N2O2S/c1-8(2)5-13(9(3)4)11-7-16(14,15)6-10(11)12/h8-11H,5-7,12H2,1-4H3. The summed E-state index contributed by atoms with van der Waals surface area (Å²) in [5, 5.41) is 0. The highest BCUT2D eigenvalue weighted by molar-refractivity contribution is 7.91. The molecule has 1 aliphatic heterocycles. The largest absolute Gasteiger partial charge is 0.325 e. The van der Waals surface area contributed by atoms with Crippen molar-refractivity contribution in [3.05, 3.63) is 0 Å². The Balaban J connectivity index is 2.80. The molecular formula is C11H24N2O2S. The molecule has 1 heterocycles. The second-order valence-electron chi connectivity index (χ2n) is 5.49. The molecule has 1 rings (SSSR count). The molecular weight excluding hydrogens is 224 g/mol. The van der Waals surface area contributed by atoms with Crippen LogP contribution in [-0.2, 0) is 9.84 Å². The minimum absolute atomic E-state index is 0.00704. The lowest BCUT2D eigenvalue weighted by atomic mass is 10.1. The summed E-state index contributed by atoms with van der Waals surface area (Å²) in [5.74, 6) is 0.885. The van der Waals surface area contributed by atoms with E-state index in [2.05, 4.69) is 32.6 Å². The third kappa shape index (κ3) is 3.43. The number of rotatable bonds is 4. The van der Waals surface area contributed by atoms with Gasteiger partial charge in [0.25, 0.3) is 0 Å². The Hall–Kier alpha value is -0.130. The van der Waals surface area contributed by atoms with Crippen LogP contribution in [0.15, 0.2) is 0 Å².